The number of hydrogen-bond donors (Lipinski definition) is 2. The van der Waals surface area contributed by atoms with E-state index in [-0.39, 0.29) is 5.56 Å². The van der Waals surface area contributed by atoms with Crippen molar-refractivity contribution < 1.29 is 0 Å². The second-order valence-electron chi connectivity index (χ2n) is 5.69. The molecule has 1 aromatic carbocycles. The van der Waals surface area contributed by atoms with Crippen molar-refractivity contribution in [3.8, 4) is 5.69 Å². The maximum absolute atomic E-state index is 12.4. The molecule has 3 rings (SSSR count). The van der Waals surface area contributed by atoms with Gasteiger partial charge in [-0.3, -0.25) is 14.7 Å². The van der Waals surface area contributed by atoms with Crippen molar-refractivity contribution in [1.82, 2.24) is 14.5 Å². The molecule has 0 atom stereocenters. The number of benzene rings is 1. The Morgan fingerprint density at radius 3 is 2.83 bits per heavy atom. The van der Waals surface area contributed by atoms with E-state index in [2.05, 4.69) is 22.1 Å². The maximum atomic E-state index is 12.4. The summed E-state index contributed by atoms with van der Waals surface area (Å²) >= 11 is 6.18. The van der Waals surface area contributed by atoms with E-state index < -0.39 is 5.69 Å². The normalized spacial score (nSPS) is 14.4. The summed E-state index contributed by atoms with van der Waals surface area (Å²) in [5.74, 6) is 0.552. The average molecular weight is 335 g/mol. The standard InChI is InChI=1S/C16H19ClN4O2/c1-3-7-20-8-11-14(18-9-20)21(16(23)19-15(11)22)13-6-4-5-12(17)10(13)2/h4-6,18H,3,7-9H2,1-2H3,(H,19,22,23). The number of aromatic nitrogens is 2. The van der Waals surface area contributed by atoms with Crippen LogP contribution in [0.25, 0.3) is 5.69 Å². The first kappa shape index (κ1) is 15.8. The molecule has 0 unspecified atom stereocenters. The van der Waals surface area contributed by atoms with Crippen LogP contribution in [0, 0.1) is 6.92 Å². The zero-order chi connectivity index (χ0) is 16.6. The van der Waals surface area contributed by atoms with Crippen molar-refractivity contribution in [2.24, 2.45) is 0 Å². The van der Waals surface area contributed by atoms with Crippen molar-refractivity contribution in [1.29, 1.82) is 0 Å². The summed E-state index contributed by atoms with van der Waals surface area (Å²) in [6, 6.07) is 5.39. The van der Waals surface area contributed by atoms with Crippen molar-refractivity contribution in [2.75, 3.05) is 18.5 Å². The molecule has 1 aromatic heterocycles. The number of anilines is 1. The Kier molecular flexibility index (Phi) is 4.28. The molecule has 0 saturated heterocycles. The number of hydrogen-bond acceptors (Lipinski definition) is 4. The van der Waals surface area contributed by atoms with Crippen LogP contribution in [0.1, 0.15) is 24.5 Å². The fourth-order valence-corrected chi connectivity index (χ4v) is 3.08. The van der Waals surface area contributed by atoms with Crippen LogP contribution < -0.4 is 16.6 Å². The van der Waals surface area contributed by atoms with Crippen LogP contribution in [0.2, 0.25) is 5.02 Å². The van der Waals surface area contributed by atoms with Gasteiger partial charge in [0.1, 0.15) is 5.82 Å². The first-order valence-corrected chi connectivity index (χ1v) is 8.00. The largest absolute Gasteiger partial charge is 0.358 e. The van der Waals surface area contributed by atoms with Gasteiger partial charge in [-0.05, 0) is 37.6 Å². The van der Waals surface area contributed by atoms with Crippen molar-refractivity contribution in [3.63, 3.8) is 0 Å². The van der Waals surface area contributed by atoms with Crippen LogP contribution in [-0.4, -0.2) is 27.7 Å². The van der Waals surface area contributed by atoms with Gasteiger partial charge < -0.3 is 5.32 Å². The van der Waals surface area contributed by atoms with Gasteiger partial charge >= 0.3 is 5.69 Å². The maximum Gasteiger partial charge on any atom is 0.334 e. The number of nitrogens with one attached hydrogen (secondary N) is 2. The monoisotopic (exact) mass is 334 g/mol. The number of fused-ring (bicyclic) bond motifs is 1. The molecule has 7 heteroatoms. The fourth-order valence-electron chi connectivity index (χ4n) is 2.91. The number of rotatable bonds is 3. The third kappa shape index (κ3) is 2.80. The highest BCUT2D eigenvalue weighted by Crippen LogP contribution is 2.26. The third-order valence-corrected chi connectivity index (χ3v) is 4.49. The van der Waals surface area contributed by atoms with Crippen molar-refractivity contribution >= 4 is 17.4 Å². The van der Waals surface area contributed by atoms with Gasteiger partial charge in [0.05, 0.1) is 17.9 Å². The molecule has 23 heavy (non-hydrogen) atoms. The Labute approximate surface area is 138 Å². The predicted molar refractivity (Wildman–Crippen MR) is 91.6 cm³/mol. The predicted octanol–water partition coefficient (Wildman–Crippen LogP) is 2.08. The Bertz CT molecular complexity index is 856. The van der Waals surface area contributed by atoms with E-state index in [1.165, 1.54) is 4.57 Å². The van der Waals surface area contributed by atoms with Crippen LogP contribution in [0.15, 0.2) is 27.8 Å². The Morgan fingerprint density at radius 2 is 2.09 bits per heavy atom. The minimum Gasteiger partial charge on any atom is -0.358 e. The second kappa shape index (κ2) is 6.22. The molecular formula is C16H19ClN4O2. The Balaban J connectivity index is 2.20. The lowest BCUT2D eigenvalue weighted by Gasteiger charge is -2.30. The van der Waals surface area contributed by atoms with Gasteiger partial charge in [0, 0.05) is 11.6 Å². The molecule has 1 aliphatic rings. The number of aromatic amines is 1. The molecule has 2 heterocycles. The second-order valence-corrected chi connectivity index (χ2v) is 6.10. The van der Waals surface area contributed by atoms with E-state index in [1.807, 2.05) is 13.0 Å². The van der Waals surface area contributed by atoms with Gasteiger partial charge in [0.15, 0.2) is 0 Å². The first-order valence-electron chi connectivity index (χ1n) is 7.62. The summed E-state index contributed by atoms with van der Waals surface area (Å²) in [5, 5.41) is 3.80. The first-order chi connectivity index (χ1) is 11.0. The summed E-state index contributed by atoms with van der Waals surface area (Å²) in [5.41, 5.74) is 1.24. The number of nitrogens with zero attached hydrogens (tertiary/aromatic N) is 2. The molecule has 0 radical (unpaired) electrons. The molecule has 0 spiro atoms. The average Bonchev–Trinajstić information content (AvgIpc) is 2.52. The van der Waals surface area contributed by atoms with Crippen LogP contribution in [0.3, 0.4) is 0 Å². The van der Waals surface area contributed by atoms with E-state index in [1.54, 1.807) is 12.1 Å². The van der Waals surface area contributed by atoms with E-state index in [0.717, 1.165) is 18.5 Å². The minimum absolute atomic E-state index is 0.339. The van der Waals surface area contributed by atoms with E-state index >= 15 is 0 Å². The van der Waals surface area contributed by atoms with E-state index in [4.69, 9.17) is 11.6 Å². The van der Waals surface area contributed by atoms with E-state index in [9.17, 15) is 9.59 Å². The quantitative estimate of drug-likeness (QED) is 0.901. The molecule has 122 valence electrons. The van der Waals surface area contributed by atoms with Crippen LogP contribution in [0.4, 0.5) is 5.82 Å². The Morgan fingerprint density at radius 1 is 1.30 bits per heavy atom. The van der Waals surface area contributed by atoms with Gasteiger partial charge in [0.2, 0.25) is 0 Å². The highest BCUT2D eigenvalue weighted by atomic mass is 35.5. The molecule has 0 amide bonds. The molecule has 2 N–H and O–H groups in total. The molecular weight excluding hydrogens is 316 g/mol. The van der Waals surface area contributed by atoms with Gasteiger partial charge in [0.25, 0.3) is 5.56 Å². The van der Waals surface area contributed by atoms with Gasteiger partial charge in [-0.15, -0.1) is 0 Å². The minimum atomic E-state index is -0.462. The summed E-state index contributed by atoms with van der Waals surface area (Å²) < 4.78 is 1.50. The van der Waals surface area contributed by atoms with Crippen LogP contribution in [-0.2, 0) is 6.54 Å². The SMILES string of the molecule is CCCN1CNc2c(c(=O)[nH]c(=O)n2-c2cccc(Cl)c2C)C1. The highest BCUT2D eigenvalue weighted by Gasteiger charge is 2.23. The zero-order valence-electron chi connectivity index (χ0n) is 13.1. The summed E-state index contributed by atoms with van der Waals surface area (Å²) in [6.45, 7) is 5.96. The molecule has 0 saturated carbocycles. The number of H-pyrrole nitrogens is 1. The summed E-state index contributed by atoms with van der Waals surface area (Å²) in [7, 11) is 0. The molecule has 0 aliphatic carbocycles. The van der Waals surface area contributed by atoms with Gasteiger partial charge in [-0.25, -0.2) is 9.36 Å². The molecule has 0 fully saturated rings. The van der Waals surface area contributed by atoms with E-state index in [0.29, 0.717) is 35.3 Å². The lowest BCUT2D eigenvalue weighted by atomic mass is 10.1. The zero-order valence-corrected chi connectivity index (χ0v) is 13.9. The topological polar surface area (TPSA) is 70.1 Å². The summed E-state index contributed by atoms with van der Waals surface area (Å²) in [6.07, 6.45) is 1.00. The van der Waals surface area contributed by atoms with Crippen molar-refractivity contribution in [2.45, 2.75) is 26.8 Å². The molecule has 2 aromatic rings. The lowest BCUT2D eigenvalue weighted by Crippen LogP contribution is -2.43. The Hall–Kier alpha value is -2.05. The fraction of sp³-hybridized carbons (Fsp3) is 0.375. The van der Waals surface area contributed by atoms with Crippen molar-refractivity contribution in [3.05, 3.63) is 55.2 Å². The van der Waals surface area contributed by atoms with Gasteiger partial charge in [-0.1, -0.05) is 24.6 Å². The van der Waals surface area contributed by atoms with Crippen LogP contribution >= 0.6 is 11.6 Å². The van der Waals surface area contributed by atoms with Gasteiger partial charge in [-0.2, -0.15) is 0 Å². The lowest BCUT2D eigenvalue weighted by molar-refractivity contribution is 0.273. The number of halogens is 1. The molecule has 6 nitrogen and oxygen atoms in total. The molecule has 1 aliphatic heterocycles. The third-order valence-electron chi connectivity index (χ3n) is 4.08. The van der Waals surface area contributed by atoms with Crippen LogP contribution in [0.5, 0.6) is 0 Å². The smallest absolute Gasteiger partial charge is 0.334 e. The molecule has 0 bridgehead atoms. The highest BCUT2D eigenvalue weighted by molar-refractivity contribution is 6.31. The summed E-state index contributed by atoms with van der Waals surface area (Å²) in [4.78, 5) is 29.2.